The molecule has 0 radical (unpaired) electrons. The zero-order valence-corrected chi connectivity index (χ0v) is 9.85. The molecular formula is C11H13ClF2N2. The van der Waals surface area contributed by atoms with Crippen LogP contribution in [0.2, 0.25) is 0 Å². The van der Waals surface area contributed by atoms with Crippen molar-refractivity contribution in [3.8, 4) is 0 Å². The number of alkyl halides is 1. The van der Waals surface area contributed by atoms with Crippen molar-refractivity contribution in [2.75, 3.05) is 0 Å². The molecule has 5 heteroatoms. The van der Waals surface area contributed by atoms with Crippen molar-refractivity contribution < 1.29 is 26.1 Å². The molecule has 0 spiro atoms. The van der Waals surface area contributed by atoms with E-state index in [-0.39, 0.29) is 24.5 Å². The summed E-state index contributed by atoms with van der Waals surface area (Å²) < 4.78 is 27.8. The highest BCUT2D eigenvalue weighted by molar-refractivity contribution is 5.52. The van der Waals surface area contributed by atoms with Crippen LogP contribution in [0.5, 0.6) is 0 Å². The van der Waals surface area contributed by atoms with Crippen molar-refractivity contribution >= 4 is 6.34 Å². The van der Waals surface area contributed by atoms with E-state index in [4.69, 9.17) is 0 Å². The second kappa shape index (κ2) is 4.47. The SMILES string of the molecule is CC1=CN=C[NH+]1C1=C(F)C=CCC1(C)F.[Cl-]. The van der Waals surface area contributed by atoms with Gasteiger partial charge < -0.3 is 12.4 Å². The zero-order valence-electron chi connectivity index (χ0n) is 9.10. The van der Waals surface area contributed by atoms with E-state index in [1.54, 1.807) is 13.1 Å². The molecule has 0 amide bonds. The van der Waals surface area contributed by atoms with Gasteiger partial charge in [-0.15, -0.1) is 0 Å². The van der Waals surface area contributed by atoms with E-state index >= 15 is 0 Å². The van der Waals surface area contributed by atoms with E-state index < -0.39 is 11.5 Å². The number of halogens is 3. The Kier molecular flexibility index (Phi) is 3.65. The fourth-order valence-corrected chi connectivity index (χ4v) is 1.88. The molecule has 1 aliphatic heterocycles. The molecule has 0 aromatic heterocycles. The maximum absolute atomic E-state index is 14.2. The summed E-state index contributed by atoms with van der Waals surface area (Å²) in [6.07, 6.45) is 6.18. The number of nitrogens with zero attached hydrogens (tertiary/aromatic N) is 1. The minimum Gasteiger partial charge on any atom is -1.00 e. The third kappa shape index (κ3) is 2.08. The quantitative estimate of drug-likeness (QED) is 0.589. The largest absolute Gasteiger partial charge is 1.00 e. The fraction of sp³-hybridized carbons (Fsp3) is 0.364. The number of nitrogens with one attached hydrogen (secondary N) is 1. The molecule has 2 unspecified atom stereocenters. The van der Waals surface area contributed by atoms with Gasteiger partial charge in [-0.3, -0.25) is 0 Å². The van der Waals surface area contributed by atoms with Gasteiger partial charge in [-0.2, -0.15) is 0 Å². The lowest BCUT2D eigenvalue weighted by Gasteiger charge is -2.26. The van der Waals surface area contributed by atoms with Crippen molar-refractivity contribution in [1.29, 1.82) is 0 Å². The molecular weight excluding hydrogens is 234 g/mol. The molecule has 0 aromatic carbocycles. The van der Waals surface area contributed by atoms with Crippen LogP contribution in [0.1, 0.15) is 20.3 Å². The first-order valence-electron chi connectivity index (χ1n) is 4.86. The van der Waals surface area contributed by atoms with Crippen molar-refractivity contribution in [3.63, 3.8) is 0 Å². The van der Waals surface area contributed by atoms with Gasteiger partial charge >= 0.3 is 0 Å². The van der Waals surface area contributed by atoms with Crippen molar-refractivity contribution in [2.24, 2.45) is 4.99 Å². The number of rotatable bonds is 1. The molecule has 2 aliphatic rings. The summed E-state index contributed by atoms with van der Waals surface area (Å²) in [7, 11) is 0. The first-order valence-corrected chi connectivity index (χ1v) is 4.86. The molecule has 1 N–H and O–H groups in total. The van der Waals surface area contributed by atoms with Gasteiger partial charge in [0.15, 0.2) is 23.5 Å². The van der Waals surface area contributed by atoms with Crippen molar-refractivity contribution in [1.82, 2.24) is 0 Å². The molecule has 0 aromatic rings. The number of allylic oxidation sites excluding steroid dienone is 5. The maximum atomic E-state index is 14.2. The Morgan fingerprint density at radius 1 is 1.50 bits per heavy atom. The molecule has 16 heavy (non-hydrogen) atoms. The Labute approximate surface area is 99.4 Å². The molecule has 0 bridgehead atoms. The topological polar surface area (TPSA) is 16.8 Å². The standard InChI is InChI=1S/C11H12F2N2.ClH/c1-8-6-14-7-15(8)10-9(12)4-3-5-11(10,2)13;/h3-4,6-7H,5H2,1-2H3;1H. The first-order chi connectivity index (χ1) is 7.02. The minimum absolute atomic E-state index is 0. The summed E-state index contributed by atoms with van der Waals surface area (Å²) in [5.74, 6) is -0.498. The summed E-state index contributed by atoms with van der Waals surface area (Å²) in [6.45, 7) is 3.20. The lowest BCUT2D eigenvalue weighted by atomic mass is 9.94. The molecule has 2 rings (SSSR count). The van der Waals surface area contributed by atoms with Crippen LogP contribution in [0.4, 0.5) is 8.78 Å². The van der Waals surface area contributed by atoms with E-state index in [0.717, 1.165) is 5.70 Å². The molecule has 0 fully saturated rings. The number of hydrogen-bond acceptors (Lipinski definition) is 1. The highest BCUT2D eigenvalue weighted by Crippen LogP contribution is 2.30. The number of aliphatic imine (C=N–C) groups is 1. The average molecular weight is 247 g/mol. The van der Waals surface area contributed by atoms with Crippen LogP contribution in [-0.2, 0) is 0 Å². The predicted octanol–water partition coefficient (Wildman–Crippen LogP) is -1.35. The Bertz CT molecular complexity index is 408. The normalized spacial score (nSPS) is 32.8. The van der Waals surface area contributed by atoms with Gasteiger partial charge in [0.2, 0.25) is 0 Å². The summed E-state index contributed by atoms with van der Waals surface area (Å²) in [5.41, 5.74) is -0.709. The van der Waals surface area contributed by atoms with E-state index in [1.807, 2.05) is 0 Å². The average Bonchev–Trinajstić information content (AvgIpc) is 2.50. The molecule has 0 saturated heterocycles. The van der Waals surface area contributed by atoms with E-state index in [9.17, 15) is 8.78 Å². The van der Waals surface area contributed by atoms with Gasteiger partial charge in [0.25, 0.3) is 0 Å². The van der Waals surface area contributed by atoms with Crippen LogP contribution < -0.4 is 17.3 Å². The van der Waals surface area contributed by atoms with Crippen LogP contribution >= 0.6 is 0 Å². The molecule has 2 nitrogen and oxygen atoms in total. The first kappa shape index (κ1) is 13.1. The highest BCUT2D eigenvalue weighted by atomic mass is 35.5. The molecule has 1 aliphatic carbocycles. The number of quaternary nitrogens is 1. The van der Waals surface area contributed by atoms with E-state index in [0.29, 0.717) is 4.90 Å². The van der Waals surface area contributed by atoms with Crippen LogP contribution in [0.3, 0.4) is 0 Å². The molecule has 0 saturated carbocycles. The van der Waals surface area contributed by atoms with Crippen molar-refractivity contribution in [3.05, 3.63) is 35.6 Å². The monoisotopic (exact) mass is 246 g/mol. The molecule has 2 atom stereocenters. The second-order valence-corrected chi connectivity index (χ2v) is 4.03. The Morgan fingerprint density at radius 3 is 2.69 bits per heavy atom. The number of hydrogen-bond donors (Lipinski definition) is 1. The Balaban J connectivity index is 0.00000128. The fourth-order valence-electron chi connectivity index (χ4n) is 1.88. The zero-order chi connectivity index (χ0) is 11.1. The van der Waals surface area contributed by atoms with Crippen LogP contribution in [0, 0.1) is 0 Å². The summed E-state index contributed by atoms with van der Waals surface area (Å²) >= 11 is 0. The van der Waals surface area contributed by atoms with Gasteiger partial charge in [0.1, 0.15) is 5.70 Å². The van der Waals surface area contributed by atoms with Crippen LogP contribution in [-0.4, -0.2) is 12.0 Å². The lowest BCUT2D eigenvalue weighted by molar-refractivity contribution is -0.715. The van der Waals surface area contributed by atoms with Crippen LogP contribution in [0.15, 0.2) is 40.6 Å². The van der Waals surface area contributed by atoms with Gasteiger partial charge in [-0.05, 0) is 13.0 Å². The molecule has 1 heterocycles. The predicted molar refractivity (Wildman–Crippen MR) is 54.6 cm³/mol. The summed E-state index contributed by atoms with van der Waals surface area (Å²) in [5, 5.41) is 0. The Hall–Kier alpha value is -1.00. The minimum atomic E-state index is -1.64. The third-order valence-corrected chi connectivity index (χ3v) is 2.69. The van der Waals surface area contributed by atoms with E-state index in [1.165, 1.54) is 25.4 Å². The van der Waals surface area contributed by atoms with Crippen LogP contribution in [0.25, 0.3) is 0 Å². The van der Waals surface area contributed by atoms with Gasteiger partial charge in [0.05, 0.1) is 6.20 Å². The van der Waals surface area contributed by atoms with Gasteiger partial charge in [-0.25, -0.2) is 18.7 Å². The Morgan fingerprint density at radius 2 is 2.19 bits per heavy atom. The summed E-state index contributed by atoms with van der Waals surface area (Å²) in [4.78, 5) is 4.48. The molecule has 88 valence electrons. The third-order valence-electron chi connectivity index (χ3n) is 2.69. The summed E-state index contributed by atoms with van der Waals surface area (Å²) in [6, 6.07) is 0. The second-order valence-electron chi connectivity index (χ2n) is 4.03. The van der Waals surface area contributed by atoms with E-state index in [2.05, 4.69) is 4.99 Å². The maximum Gasteiger partial charge on any atom is 0.198 e. The van der Waals surface area contributed by atoms with Crippen molar-refractivity contribution in [2.45, 2.75) is 25.9 Å². The van der Waals surface area contributed by atoms with Gasteiger partial charge in [0, 0.05) is 13.3 Å². The lowest BCUT2D eigenvalue weighted by Crippen LogP contribution is -3.08. The highest BCUT2D eigenvalue weighted by Gasteiger charge is 2.42. The van der Waals surface area contributed by atoms with Gasteiger partial charge in [-0.1, -0.05) is 6.08 Å². The smallest absolute Gasteiger partial charge is 0.198 e.